The van der Waals surface area contributed by atoms with Gasteiger partial charge in [0.25, 0.3) is 0 Å². The summed E-state index contributed by atoms with van der Waals surface area (Å²) in [5, 5.41) is 3.48. The molecule has 94 valence electrons. The number of hydrogen-bond donors (Lipinski definition) is 1. The zero-order valence-corrected chi connectivity index (χ0v) is 11.2. The summed E-state index contributed by atoms with van der Waals surface area (Å²) < 4.78 is 0. The van der Waals surface area contributed by atoms with E-state index in [1.165, 1.54) is 37.2 Å². The van der Waals surface area contributed by atoms with Crippen LogP contribution in [-0.2, 0) is 6.54 Å². The highest BCUT2D eigenvalue weighted by Gasteiger charge is 2.16. The van der Waals surface area contributed by atoms with Crippen LogP contribution in [0.1, 0.15) is 37.9 Å². The van der Waals surface area contributed by atoms with Gasteiger partial charge in [-0.15, -0.1) is 0 Å². The molecule has 1 aromatic heterocycles. The molecule has 1 fully saturated rings. The van der Waals surface area contributed by atoms with Gasteiger partial charge in [-0.05, 0) is 25.8 Å². The SMILES string of the molecule is Cc1cc(N2CCCC2)c(CNC(C)C)cn1. The van der Waals surface area contributed by atoms with Gasteiger partial charge in [0.1, 0.15) is 0 Å². The van der Waals surface area contributed by atoms with Crippen molar-refractivity contribution in [2.75, 3.05) is 18.0 Å². The Morgan fingerprint density at radius 2 is 2.06 bits per heavy atom. The number of anilines is 1. The summed E-state index contributed by atoms with van der Waals surface area (Å²) in [7, 11) is 0. The molecule has 2 heterocycles. The molecule has 0 bridgehead atoms. The van der Waals surface area contributed by atoms with Crippen LogP contribution in [0.25, 0.3) is 0 Å². The standard InChI is InChI=1S/C14H23N3/c1-11(2)15-9-13-10-16-12(3)8-14(13)17-6-4-5-7-17/h8,10-11,15H,4-7,9H2,1-3H3. The quantitative estimate of drug-likeness (QED) is 0.866. The molecule has 1 aromatic rings. The van der Waals surface area contributed by atoms with Gasteiger partial charge in [0.2, 0.25) is 0 Å². The van der Waals surface area contributed by atoms with Gasteiger partial charge < -0.3 is 10.2 Å². The largest absolute Gasteiger partial charge is 0.371 e. The molecular formula is C14H23N3. The fraction of sp³-hybridized carbons (Fsp3) is 0.643. The van der Waals surface area contributed by atoms with Crippen molar-refractivity contribution in [3.8, 4) is 0 Å². The molecule has 0 aromatic carbocycles. The highest BCUT2D eigenvalue weighted by atomic mass is 15.1. The lowest BCUT2D eigenvalue weighted by molar-refractivity contribution is 0.587. The number of aromatic nitrogens is 1. The first-order valence-electron chi connectivity index (χ1n) is 6.60. The molecule has 0 unspecified atom stereocenters. The van der Waals surface area contributed by atoms with Crippen molar-refractivity contribution in [2.45, 2.75) is 46.2 Å². The van der Waals surface area contributed by atoms with Crippen molar-refractivity contribution in [2.24, 2.45) is 0 Å². The molecule has 0 amide bonds. The second kappa shape index (κ2) is 5.50. The van der Waals surface area contributed by atoms with Crippen molar-refractivity contribution < 1.29 is 0 Å². The van der Waals surface area contributed by atoms with Crippen LogP contribution in [0.4, 0.5) is 5.69 Å². The smallest absolute Gasteiger partial charge is 0.0445 e. The number of hydrogen-bond acceptors (Lipinski definition) is 3. The lowest BCUT2D eigenvalue weighted by Gasteiger charge is -2.22. The molecule has 3 heteroatoms. The van der Waals surface area contributed by atoms with Crippen LogP contribution in [0.3, 0.4) is 0 Å². The van der Waals surface area contributed by atoms with E-state index in [0.29, 0.717) is 6.04 Å². The minimum atomic E-state index is 0.516. The predicted molar refractivity (Wildman–Crippen MR) is 72.4 cm³/mol. The van der Waals surface area contributed by atoms with Crippen molar-refractivity contribution in [1.82, 2.24) is 10.3 Å². The number of rotatable bonds is 4. The summed E-state index contributed by atoms with van der Waals surface area (Å²) in [5.74, 6) is 0. The lowest BCUT2D eigenvalue weighted by Crippen LogP contribution is -2.25. The van der Waals surface area contributed by atoms with Gasteiger partial charge >= 0.3 is 0 Å². The Morgan fingerprint density at radius 1 is 1.35 bits per heavy atom. The Balaban J connectivity index is 2.17. The molecule has 0 atom stereocenters. The highest BCUT2D eigenvalue weighted by Crippen LogP contribution is 2.24. The van der Waals surface area contributed by atoms with E-state index in [1.54, 1.807) is 0 Å². The predicted octanol–water partition coefficient (Wildman–Crippen LogP) is 2.49. The summed E-state index contributed by atoms with van der Waals surface area (Å²) in [5.41, 5.74) is 3.81. The topological polar surface area (TPSA) is 28.2 Å². The van der Waals surface area contributed by atoms with E-state index in [-0.39, 0.29) is 0 Å². The molecule has 1 saturated heterocycles. The zero-order chi connectivity index (χ0) is 12.3. The van der Waals surface area contributed by atoms with Crippen LogP contribution in [0.2, 0.25) is 0 Å². The van der Waals surface area contributed by atoms with Crippen LogP contribution in [-0.4, -0.2) is 24.1 Å². The zero-order valence-electron chi connectivity index (χ0n) is 11.2. The molecular weight excluding hydrogens is 210 g/mol. The minimum absolute atomic E-state index is 0.516. The lowest BCUT2D eigenvalue weighted by atomic mass is 10.2. The van der Waals surface area contributed by atoms with E-state index >= 15 is 0 Å². The molecule has 0 saturated carbocycles. The average molecular weight is 233 g/mol. The van der Waals surface area contributed by atoms with Gasteiger partial charge in [-0.25, -0.2) is 0 Å². The van der Waals surface area contributed by atoms with Gasteiger partial charge in [0.05, 0.1) is 0 Å². The molecule has 0 radical (unpaired) electrons. The van der Waals surface area contributed by atoms with Crippen LogP contribution >= 0.6 is 0 Å². The average Bonchev–Trinajstić information content (AvgIpc) is 2.80. The molecule has 0 aliphatic carbocycles. The van der Waals surface area contributed by atoms with Crippen LogP contribution < -0.4 is 10.2 Å². The van der Waals surface area contributed by atoms with E-state index in [9.17, 15) is 0 Å². The van der Waals surface area contributed by atoms with Crippen molar-refractivity contribution in [3.63, 3.8) is 0 Å². The number of pyridine rings is 1. The third-order valence-electron chi connectivity index (χ3n) is 3.25. The number of aryl methyl sites for hydroxylation is 1. The van der Waals surface area contributed by atoms with Gasteiger partial charge in [-0.1, -0.05) is 13.8 Å². The van der Waals surface area contributed by atoms with Gasteiger partial charge in [0.15, 0.2) is 0 Å². The fourth-order valence-electron chi connectivity index (χ4n) is 2.28. The van der Waals surface area contributed by atoms with Gasteiger partial charge in [-0.3, -0.25) is 4.98 Å². The molecule has 1 N–H and O–H groups in total. The van der Waals surface area contributed by atoms with Crippen LogP contribution in [0, 0.1) is 6.92 Å². The number of nitrogens with zero attached hydrogens (tertiary/aromatic N) is 2. The summed E-state index contributed by atoms with van der Waals surface area (Å²) in [6.45, 7) is 9.72. The molecule has 0 spiro atoms. The molecule has 17 heavy (non-hydrogen) atoms. The van der Waals surface area contributed by atoms with E-state index in [1.807, 2.05) is 6.20 Å². The van der Waals surface area contributed by atoms with E-state index in [0.717, 1.165) is 12.2 Å². The summed E-state index contributed by atoms with van der Waals surface area (Å²) in [4.78, 5) is 6.91. The maximum atomic E-state index is 4.42. The third kappa shape index (κ3) is 3.19. The second-order valence-corrected chi connectivity index (χ2v) is 5.18. The molecule has 1 aliphatic heterocycles. The molecule has 3 nitrogen and oxygen atoms in total. The maximum absolute atomic E-state index is 4.42. The van der Waals surface area contributed by atoms with Gasteiger partial charge in [0, 0.05) is 48.8 Å². The molecule has 1 aliphatic rings. The Hall–Kier alpha value is -1.09. The first-order chi connectivity index (χ1) is 8.16. The first-order valence-corrected chi connectivity index (χ1v) is 6.60. The maximum Gasteiger partial charge on any atom is 0.0445 e. The fourth-order valence-corrected chi connectivity index (χ4v) is 2.28. The summed E-state index contributed by atoms with van der Waals surface area (Å²) in [6.07, 6.45) is 4.66. The summed E-state index contributed by atoms with van der Waals surface area (Å²) in [6, 6.07) is 2.74. The Kier molecular flexibility index (Phi) is 4.00. The highest BCUT2D eigenvalue weighted by molar-refractivity contribution is 5.54. The van der Waals surface area contributed by atoms with Gasteiger partial charge in [-0.2, -0.15) is 0 Å². The number of nitrogens with one attached hydrogen (secondary N) is 1. The Morgan fingerprint density at radius 3 is 2.71 bits per heavy atom. The summed E-state index contributed by atoms with van der Waals surface area (Å²) >= 11 is 0. The molecule has 2 rings (SSSR count). The van der Waals surface area contributed by atoms with E-state index in [4.69, 9.17) is 0 Å². The van der Waals surface area contributed by atoms with Crippen LogP contribution in [0.15, 0.2) is 12.3 Å². The van der Waals surface area contributed by atoms with E-state index in [2.05, 4.69) is 42.0 Å². The Labute approximate surface area is 104 Å². The third-order valence-corrected chi connectivity index (χ3v) is 3.25. The Bertz CT molecular complexity index is 368. The minimum Gasteiger partial charge on any atom is -0.371 e. The van der Waals surface area contributed by atoms with Crippen molar-refractivity contribution in [3.05, 3.63) is 23.5 Å². The van der Waals surface area contributed by atoms with Crippen LogP contribution in [0.5, 0.6) is 0 Å². The van der Waals surface area contributed by atoms with E-state index < -0.39 is 0 Å². The van der Waals surface area contributed by atoms with Crippen molar-refractivity contribution >= 4 is 5.69 Å². The van der Waals surface area contributed by atoms with Crippen molar-refractivity contribution in [1.29, 1.82) is 0 Å². The normalized spacial score (nSPS) is 15.9. The first kappa shape index (κ1) is 12.4. The monoisotopic (exact) mass is 233 g/mol. The second-order valence-electron chi connectivity index (χ2n) is 5.18.